The number of fused-ring (bicyclic) bond motifs is 3. The molecular formula is C26H31N5O2. The maximum absolute atomic E-state index is 11.8. The molecule has 2 fully saturated rings. The van der Waals surface area contributed by atoms with E-state index in [1.54, 1.807) is 0 Å². The van der Waals surface area contributed by atoms with Crippen LogP contribution in [0.4, 0.5) is 5.82 Å². The Hall–Kier alpha value is -3.11. The van der Waals surface area contributed by atoms with Crippen LogP contribution >= 0.6 is 0 Å². The monoisotopic (exact) mass is 445 g/mol. The van der Waals surface area contributed by atoms with Crippen LogP contribution in [0.2, 0.25) is 0 Å². The number of amides is 1. The fourth-order valence-corrected chi connectivity index (χ4v) is 5.69. The third-order valence-corrected chi connectivity index (χ3v) is 7.30. The number of hydrogen-bond donors (Lipinski definition) is 1. The predicted octanol–water partition coefficient (Wildman–Crippen LogP) is 3.91. The molecule has 2 saturated heterocycles. The molecule has 1 amide bonds. The standard InChI is InChI=1S/C26H31N5O2/c1-2-5-19-23(17-10-14-33-15-11-17)20(16-27)25-29-21-6-3-4-7-22(21)31(25)26(19)30-12-8-18(9-13-30)24(28)32/h3-4,6-7,17-18H,2,5,8-15H2,1H3,(H2,28,32). The number of imidazole rings is 1. The molecule has 33 heavy (non-hydrogen) atoms. The summed E-state index contributed by atoms with van der Waals surface area (Å²) in [5.74, 6) is 1.16. The summed E-state index contributed by atoms with van der Waals surface area (Å²) in [5, 5.41) is 10.4. The maximum Gasteiger partial charge on any atom is 0.220 e. The summed E-state index contributed by atoms with van der Waals surface area (Å²) in [6, 6.07) is 10.7. The van der Waals surface area contributed by atoms with Crippen LogP contribution in [0, 0.1) is 17.2 Å². The van der Waals surface area contributed by atoms with E-state index in [4.69, 9.17) is 15.5 Å². The molecule has 7 heteroatoms. The molecule has 0 unspecified atom stereocenters. The lowest BCUT2D eigenvalue weighted by Gasteiger charge is -2.36. The molecule has 7 nitrogen and oxygen atoms in total. The minimum atomic E-state index is -0.204. The fourth-order valence-electron chi connectivity index (χ4n) is 5.69. The number of piperidine rings is 1. The summed E-state index contributed by atoms with van der Waals surface area (Å²) < 4.78 is 7.85. The average Bonchev–Trinajstić information content (AvgIpc) is 3.23. The highest BCUT2D eigenvalue weighted by Crippen LogP contribution is 2.41. The van der Waals surface area contributed by atoms with E-state index in [1.165, 1.54) is 5.56 Å². The van der Waals surface area contributed by atoms with Gasteiger partial charge in [-0.05, 0) is 61.3 Å². The lowest BCUT2D eigenvalue weighted by atomic mass is 9.84. The predicted molar refractivity (Wildman–Crippen MR) is 128 cm³/mol. The minimum absolute atomic E-state index is 0.0701. The van der Waals surface area contributed by atoms with Gasteiger partial charge in [0.2, 0.25) is 5.91 Å². The Labute approximate surface area is 194 Å². The number of hydrogen-bond acceptors (Lipinski definition) is 5. The molecule has 0 atom stereocenters. The number of primary amides is 1. The molecule has 0 aliphatic carbocycles. The van der Waals surface area contributed by atoms with Gasteiger partial charge in [-0.1, -0.05) is 25.5 Å². The van der Waals surface area contributed by atoms with E-state index in [2.05, 4.69) is 28.4 Å². The lowest BCUT2D eigenvalue weighted by Crippen LogP contribution is -2.40. The van der Waals surface area contributed by atoms with E-state index in [9.17, 15) is 10.1 Å². The van der Waals surface area contributed by atoms with Gasteiger partial charge in [-0.15, -0.1) is 0 Å². The molecule has 2 aliphatic rings. The first-order valence-corrected chi connectivity index (χ1v) is 12.1. The summed E-state index contributed by atoms with van der Waals surface area (Å²) in [5.41, 5.74) is 11.4. The zero-order chi connectivity index (χ0) is 22.9. The number of nitrogens with zero attached hydrogens (tertiary/aromatic N) is 4. The lowest BCUT2D eigenvalue weighted by molar-refractivity contribution is -0.122. The van der Waals surface area contributed by atoms with Gasteiger partial charge in [0.15, 0.2) is 5.65 Å². The molecule has 5 rings (SSSR count). The third-order valence-electron chi connectivity index (χ3n) is 7.30. The number of pyridine rings is 1. The highest BCUT2D eigenvalue weighted by Gasteiger charge is 2.32. The number of nitriles is 1. The first-order chi connectivity index (χ1) is 16.1. The Balaban J connectivity index is 1.79. The van der Waals surface area contributed by atoms with Crippen LogP contribution in [-0.4, -0.2) is 41.6 Å². The Morgan fingerprint density at radius 1 is 1.21 bits per heavy atom. The number of rotatable bonds is 5. The molecule has 2 N–H and O–H groups in total. The van der Waals surface area contributed by atoms with Crippen LogP contribution in [0.1, 0.15) is 61.6 Å². The number of nitrogens with two attached hydrogens (primary N) is 1. The summed E-state index contributed by atoms with van der Waals surface area (Å²) in [4.78, 5) is 19.1. The van der Waals surface area contributed by atoms with E-state index < -0.39 is 0 Å². The van der Waals surface area contributed by atoms with Gasteiger partial charge in [-0.2, -0.15) is 5.26 Å². The molecule has 0 radical (unpaired) electrons. The van der Waals surface area contributed by atoms with Crippen molar-refractivity contribution < 1.29 is 9.53 Å². The smallest absolute Gasteiger partial charge is 0.220 e. The molecule has 4 heterocycles. The first-order valence-electron chi connectivity index (χ1n) is 12.1. The Morgan fingerprint density at radius 2 is 1.94 bits per heavy atom. The molecule has 0 spiro atoms. The van der Waals surface area contributed by atoms with Gasteiger partial charge in [0.1, 0.15) is 11.9 Å². The van der Waals surface area contributed by atoms with Crippen molar-refractivity contribution in [3.63, 3.8) is 0 Å². The normalized spacial score (nSPS) is 18.1. The average molecular weight is 446 g/mol. The number of anilines is 1. The second-order valence-corrected chi connectivity index (χ2v) is 9.26. The van der Waals surface area contributed by atoms with Crippen LogP contribution in [0.5, 0.6) is 0 Å². The zero-order valence-electron chi connectivity index (χ0n) is 19.2. The van der Waals surface area contributed by atoms with Crippen molar-refractivity contribution in [3.8, 4) is 6.07 Å². The van der Waals surface area contributed by atoms with Gasteiger partial charge < -0.3 is 15.4 Å². The van der Waals surface area contributed by atoms with E-state index in [-0.39, 0.29) is 11.8 Å². The largest absolute Gasteiger partial charge is 0.381 e. The molecular weight excluding hydrogens is 414 g/mol. The van der Waals surface area contributed by atoms with Crippen LogP contribution < -0.4 is 10.6 Å². The number of benzene rings is 1. The van der Waals surface area contributed by atoms with E-state index in [0.29, 0.717) is 11.5 Å². The number of aromatic nitrogens is 2. The minimum Gasteiger partial charge on any atom is -0.381 e. The van der Waals surface area contributed by atoms with Gasteiger partial charge in [-0.25, -0.2) is 4.98 Å². The Bertz CT molecular complexity index is 1230. The zero-order valence-corrected chi connectivity index (χ0v) is 19.2. The SMILES string of the molecule is CCCc1c(C2CCOCC2)c(C#N)c2nc3ccccc3n2c1N1CCC(C(N)=O)CC1. The van der Waals surface area contributed by atoms with Crippen molar-refractivity contribution in [2.75, 3.05) is 31.2 Å². The quantitative estimate of drug-likeness (QED) is 0.642. The van der Waals surface area contributed by atoms with Gasteiger partial charge in [0.25, 0.3) is 0 Å². The van der Waals surface area contributed by atoms with Crippen molar-refractivity contribution in [2.24, 2.45) is 11.7 Å². The summed E-state index contributed by atoms with van der Waals surface area (Å²) in [7, 11) is 0. The number of carbonyl (C=O) groups is 1. The van der Waals surface area contributed by atoms with Crippen LogP contribution in [0.3, 0.4) is 0 Å². The Kier molecular flexibility index (Phi) is 5.94. The summed E-state index contributed by atoms with van der Waals surface area (Å²) in [6.45, 7) is 5.18. The van der Waals surface area contributed by atoms with Gasteiger partial charge in [0.05, 0.1) is 16.6 Å². The van der Waals surface area contributed by atoms with Crippen LogP contribution in [-0.2, 0) is 16.0 Å². The van der Waals surface area contributed by atoms with E-state index in [0.717, 1.165) is 92.9 Å². The Morgan fingerprint density at radius 3 is 2.61 bits per heavy atom. The number of carbonyl (C=O) groups excluding carboxylic acids is 1. The van der Waals surface area contributed by atoms with Gasteiger partial charge >= 0.3 is 0 Å². The molecule has 0 saturated carbocycles. The number of para-hydroxylation sites is 2. The molecule has 2 aromatic heterocycles. The van der Waals surface area contributed by atoms with Gasteiger partial charge in [-0.3, -0.25) is 9.20 Å². The second kappa shape index (κ2) is 9.03. The third kappa shape index (κ3) is 3.72. The maximum atomic E-state index is 11.8. The van der Waals surface area contributed by atoms with Crippen molar-refractivity contribution in [2.45, 2.75) is 51.4 Å². The van der Waals surface area contributed by atoms with E-state index in [1.807, 2.05) is 18.2 Å². The molecule has 3 aromatic rings. The molecule has 1 aromatic carbocycles. The second-order valence-electron chi connectivity index (χ2n) is 9.26. The van der Waals surface area contributed by atoms with Crippen LogP contribution in [0.25, 0.3) is 16.7 Å². The first kappa shape index (κ1) is 21.7. The highest BCUT2D eigenvalue weighted by molar-refractivity contribution is 5.87. The summed E-state index contributed by atoms with van der Waals surface area (Å²) in [6.07, 6.45) is 5.23. The molecule has 2 aliphatic heterocycles. The van der Waals surface area contributed by atoms with Gasteiger partial charge in [0, 0.05) is 32.2 Å². The van der Waals surface area contributed by atoms with Crippen molar-refractivity contribution in [1.82, 2.24) is 9.38 Å². The fraction of sp³-hybridized carbons (Fsp3) is 0.500. The van der Waals surface area contributed by atoms with Crippen molar-refractivity contribution in [3.05, 3.63) is 41.0 Å². The summed E-state index contributed by atoms with van der Waals surface area (Å²) >= 11 is 0. The topological polar surface area (TPSA) is 96.7 Å². The molecule has 172 valence electrons. The number of ether oxygens (including phenoxy) is 1. The van der Waals surface area contributed by atoms with E-state index >= 15 is 0 Å². The highest BCUT2D eigenvalue weighted by atomic mass is 16.5. The van der Waals surface area contributed by atoms with Crippen molar-refractivity contribution in [1.29, 1.82) is 5.26 Å². The van der Waals surface area contributed by atoms with Crippen molar-refractivity contribution >= 4 is 28.4 Å². The molecule has 0 bridgehead atoms. The van der Waals surface area contributed by atoms with Crippen LogP contribution in [0.15, 0.2) is 24.3 Å².